The van der Waals surface area contributed by atoms with E-state index in [4.69, 9.17) is 4.52 Å². The van der Waals surface area contributed by atoms with Crippen LogP contribution in [-0.2, 0) is 9.09 Å². The zero-order valence-electron chi connectivity index (χ0n) is 10.3. The van der Waals surface area contributed by atoms with Crippen molar-refractivity contribution in [3.63, 3.8) is 0 Å². The maximum atomic E-state index is 10.1. The lowest BCUT2D eigenvalue weighted by Gasteiger charge is -2.15. The fourth-order valence-corrected chi connectivity index (χ4v) is 2.13. The highest BCUT2D eigenvalue weighted by Gasteiger charge is 2.08. The van der Waals surface area contributed by atoms with Crippen LogP contribution in [0.3, 0.4) is 0 Å². The molecule has 1 atom stereocenters. The molecular formula is C12H26O2P+. The Morgan fingerprint density at radius 1 is 1.00 bits per heavy atom. The molecule has 0 N–H and O–H groups in total. The van der Waals surface area contributed by atoms with E-state index < -0.39 is 8.69 Å². The summed E-state index contributed by atoms with van der Waals surface area (Å²) >= 11 is 0. The number of rotatable bonds is 11. The van der Waals surface area contributed by atoms with E-state index in [-0.39, 0.29) is 0 Å². The fourth-order valence-electron chi connectivity index (χ4n) is 1.90. The summed E-state index contributed by atoms with van der Waals surface area (Å²) in [7, 11) is -0.587. The molecule has 0 fully saturated rings. The second-order valence-electron chi connectivity index (χ2n) is 4.22. The molecule has 0 rings (SSSR count). The van der Waals surface area contributed by atoms with Crippen molar-refractivity contribution in [3.05, 3.63) is 0 Å². The Morgan fingerprint density at radius 3 is 2.00 bits per heavy atom. The molecule has 0 saturated heterocycles. The monoisotopic (exact) mass is 233 g/mol. The van der Waals surface area contributed by atoms with Crippen molar-refractivity contribution < 1.29 is 9.09 Å². The van der Waals surface area contributed by atoms with Gasteiger partial charge in [0.05, 0.1) is 0 Å². The third kappa shape index (κ3) is 10.3. The van der Waals surface area contributed by atoms with E-state index in [1.807, 2.05) is 0 Å². The lowest BCUT2D eigenvalue weighted by molar-refractivity contribution is 0.299. The van der Waals surface area contributed by atoms with Gasteiger partial charge in [0.2, 0.25) is 0 Å². The van der Waals surface area contributed by atoms with Crippen molar-refractivity contribution in [3.8, 4) is 0 Å². The van der Waals surface area contributed by atoms with E-state index in [1.54, 1.807) is 0 Å². The molecule has 0 aliphatic carbocycles. The maximum Gasteiger partial charge on any atom is 0.494 e. The van der Waals surface area contributed by atoms with Gasteiger partial charge >= 0.3 is 8.69 Å². The van der Waals surface area contributed by atoms with Gasteiger partial charge in [0.1, 0.15) is 6.61 Å². The predicted octanol–water partition coefficient (Wildman–Crippen LogP) is 4.72. The zero-order valence-corrected chi connectivity index (χ0v) is 11.3. The van der Waals surface area contributed by atoms with Crippen molar-refractivity contribution in [2.45, 2.75) is 65.2 Å². The molecule has 1 unspecified atom stereocenters. The normalized spacial score (nSPS) is 11.4. The maximum absolute atomic E-state index is 10.1. The third-order valence-corrected chi connectivity index (χ3v) is 3.17. The Morgan fingerprint density at radius 2 is 1.53 bits per heavy atom. The molecular weight excluding hydrogens is 207 g/mol. The first kappa shape index (κ1) is 15.1. The molecule has 15 heavy (non-hydrogen) atoms. The van der Waals surface area contributed by atoms with E-state index in [0.717, 1.165) is 12.3 Å². The van der Waals surface area contributed by atoms with Gasteiger partial charge in [-0.25, -0.2) is 0 Å². The van der Waals surface area contributed by atoms with Crippen LogP contribution in [0.15, 0.2) is 0 Å². The number of hydrogen-bond donors (Lipinski definition) is 0. The summed E-state index contributed by atoms with van der Waals surface area (Å²) in [4.78, 5) is 0. The molecule has 0 aliphatic rings. The quantitative estimate of drug-likeness (QED) is 0.381. The minimum Gasteiger partial charge on any atom is -0.148 e. The highest BCUT2D eigenvalue weighted by Crippen LogP contribution is 2.21. The van der Waals surface area contributed by atoms with E-state index in [9.17, 15) is 4.57 Å². The molecule has 0 aliphatic heterocycles. The molecule has 3 heteroatoms. The van der Waals surface area contributed by atoms with Crippen molar-refractivity contribution in [2.24, 2.45) is 5.92 Å². The van der Waals surface area contributed by atoms with E-state index in [1.165, 1.54) is 44.9 Å². The van der Waals surface area contributed by atoms with Gasteiger partial charge in [-0.05, 0) is 23.3 Å². The zero-order chi connectivity index (χ0) is 11.4. The predicted molar refractivity (Wildman–Crippen MR) is 66.7 cm³/mol. The van der Waals surface area contributed by atoms with Crippen molar-refractivity contribution in [1.82, 2.24) is 0 Å². The first-order valence-electron chi connectivity index (χ1n) is 6.34. The Kier molecular flexibility index (Phi) is 12.2. The number of unbranched alkanes of at least 4 members (excludes halogenated alkanes) is 2. The molecule has 0 radical (unpaired) electrons. The highest BCUT2D eigenvalue weighted by atomic mass is 31.1. The SMILES string of the molecule is CCCCC(CCCC)CCCO[PH+]=O. The lowest BCUT2D eigenvalue weighted by Crippen LogP contribution is -2.02. The van der Waals surface area contributed by atoms with Crippen LogP contribution in [0.5, 0.6) is 0 Å². The second-order valence-corrected chi connectivity index (χ2v) is 4.68. The van der Waals surface area contributed by atoms with Gasteiger partial charge in [0.15, 0.2) is 0 Å². The molecule has 0 saturated carbocycles. The van der Waals surface area contributed by atoms with Crippen molar-refractivity contribution >= 4 is 8.69 Å². The molecule has 0 bridgehead atoms. The van der Waals surface area contributed by atoms with E-state index >= 15 is 0 Å². The van der Waals surface area contributed by atoms with Crippen LogP contribution >= 0.6 is 8.69 Å². The van der Waals surface area contributed by atoms with E-state index in [2.05, 4.69) is 13.8 Å². The van der Waals surface area contributed by atoms with Crippen LogP contribution in [0.2, 0.25) is 0 Å². The van der Waals surface area contributed by atoms with Gasteiger partial charge in [-0.15, -0.1) is 4.52 Å². The molecule has 0 aromatic rings. The summed E-state index contributed by atoms with van der Waals surface area (Å²) in [5.74, 6) is 0.864. The summed E-state index contributed by atoms with van der Waals surface area (Å²) in [5, 5.41) is 0. The molecule has 0 aromatic heterocycles. The summed E-state index contributed by atoms with van der Waals surface area (Å²) in [6, 6.07) is 0. The minimum absolute atomic E-state index is 0.587. The summed E-state index contributed by atoms with van der Waals surface area (Å²) in [5.41, 5.74) is 0. The molecule has 0 heterocycles. The lowest BCUT2D eigenvalue weighted by atomic mass is 9.92. The van der Waals surface area contributed by atoms with Gasteiger partial charge in [0, 0.05) is 0 Å². The fraction of sp³-hybridized carbons (Fsp3) is 1.00. The summed E-state index contributed by atoms with van der Waals surface area (Å²) < 4.78 is 15.0. The Labute approximate surface area is 96.1 Å². The van der Waals surface area contributed by atoms with Crippen LogP contribution in [0, 0.1) is 5.92 Å². The van der Waals surface area contributed by atoms with Gasteiger partial charge in [-0.1, -0.05) is 52.4 Å². The van der Waals surface area contributed by atoms with Crippen LogP contribution in [0.4, 0.5) is 0 Å². The Balaban J connectivity index is 3.53. The molecule has 0 spiro atoms. The Bertz CT molecular complexity index is 132. The largest absolute Gasteiger partial charge is 0.494 e. The average molecular weight is 233 g/mol. The topological polar surface area (TPSA) is 26.3 Å². The molecule has 0 aromatic carbocycles. The van der Waals surface area contributed by atoms with Crippen molar-refractivity contribution in [2.75, 3.05) is 6.61 Å². The van der Waals surface area contributed by atoms with Crippen molar-refractivity contribution in [1.29, 1.82) is 0 Å². The van der Waals surface area contributed by atoms with E-state index in [0.29, 0.717) is 6.61 Å². The standard InChI is InChI=1S/C12H26O2P/c1-3-5-8-12(9-6-4-2)10-7-11-14-15-13/h12,15H,3-11H2,1-2H3/q+1. The van der Waals surface area contributed by atoms with Crippen LogP contribution in [0.25, 0.3) is 0 Å². The second kappa shape index (κ2) is 12.1. The van der Waals surface area contributed by atoms with Crippen LogP contribution in [-0.4, -0.2) is 6.61 Å². The van der Waals surface area contributed by atoms with Gasteiger partial charge in [-0.3, -0.25) is 0 Å². The average Bonchev–Trinajstić information content (AvgIpc) is 2.27. The molecule has 2 nitrogen and oxygen atoms in total. The molecule has 0 amide bonds. The number of hydrogen-bond acceptors (Lipinski definition) is 2. The first-order valence-corrected chi connectivity index (χ1v) is 7.15. The van der Waals surface area contributed by atoms with Gasteiger partial charge in [0.25, 0.3) is 0 Å². The van der Waals surface area contributed by atoms with Crippen LogP contribution < -0.4 is 0 Å². The Hall–Kier alpha value is 0.0600. The smallest absolute Gasteiger partial charge is 0.148 e. The third-order valence-electron chi connectivity index (χ3n) is 2.85. The minimum atomic E-state index is -0.587. The van der Waals surface area contributed by atoms with Gasteiger partial charge < -0.3 is 0 Å². The van der Waals surface area contributed by atoms with Crippen LogP contribution in [0.1, 0.15) is 65.2 Å². The molecule has 90 valence electrons. The summed E-state index contributed by atoms with van der Waals surface area (Å²) in [6.45, 7) is 5.16. The highest BCUT2D eigenvalue weighted by molar-refractivity contribution is 7.17. The summed E-state index contributed by atoms with van der Waals surface area (Å²) in [6.07, 6.45) is 10.3. The van der Waals surface area contributed by atoms with Gasteiger partial charge in [-0.2, -0.15) is 0 Å². The first-order chi connectivity index (χ1) is 7.35.